The fourth-order valence-corrected chi connectivity index (χ4v) is 2.90. The van der Waals surface area contributed by atoms with Gasteiger partial charge in [0.25, 0.3) is 0 Å². The zero-order valence-electron chi connectivity index (χ0n) is 9.80. The second-order valence-electron chi connectivity index (χ2n) is 4.96. The lowest BCUT2D eigenvalue weighted by Crippen LogP contribution is -2.51. The first kappa shape index (κ1) is 12.0. The molecule has 1 aliphatic heterocycles. The monoisotopic (exact) mass is 311 g/mol. The lowest BCUT2D eigenvalue weighted by molar-refractivity contribution is -0.0498. The number of rotatable bonds is 1. The van der Waals surface area contributed by atoms with E-state index >= 15 is 0 Å². The summed E-state index contributed by atoms with van der Waals surface area (Å²) in [5.41, 5.74) is 0.730. The Kier molecular flexibility index (Phi) is 2.83. The van der Waals surface area contributed by atoms with E-state index in [1.807, 2.05) is 24.3 Å². The highest BCUT2D eigenvalue weighted by atomic mass is 79.9. The van der Waals surface area contributed by atoms with E-state index in [9.17, 15) is 9.90 Å². The van der Waals surface area contributed by atoms with Crippen molar-refractivity contribution in [3.8, 4) is 0 Å². The molecule has 18 heavy (non-hydrogen) atoms. The molecule has 1 aromatic carbocycles. The van der Waals surface area contributed by atoms with Gasteiger partial charge in [0.05, 0.1) is 24.8 Å². The molecule has 96 valence electrons. The average molecular weight is 312 g/mol. The first-order valence-corrected chi connectivity index (χ1v) is 6.77. The molecular formula is C13H14BrNO3. The smallest absolute Gasteiger partial charge is 0.408 e. The minimum Gasteiger partial charge on any atom is -0.465 e. The highest BCUT2D eigenvalue weighted by Gasteiger charge is 2.55. The molecule has 4 nitrogen and oxygen atoms in total. The number of benzene rings is 1. The lowest BCUT2D eigenvalue weighted by atomic mass is 10.0. The van der Waals surface area contributed by atoms with E-state index in [4.69, 9.17) is 4.74 Å². The molecule has 0 radical (unpaired) electrons. The second kappa shape index (κ2) is 4.24. The maximum atomic E-state index is 11.5. The molecule has 1 spiro atoms. The predicted molar refractivity (Wildman–Crippen MR) is 69.5 cm³/mol. The van der Waals surface area contributed by atoms with Crippen molar-refractivity contribution in [2.75, 3.05) is 13.2 Å². The number of carboxylic acid groups (broad SMARTS) is 1. The SMILES string of the molecule is O=C(O)N1C(c2ccc(Br)cc2)COCC12CC2. The van der Waals surface area contributed by atoms with Crippen LogP contribution in [0.15, 0.2) is 28.7 Å². The molecule has 5 heteroatoms. The summed E-state index contributed by atoms with van der Waals surface area (Å²) in [6, 6.07) is 7.59. The van der Waals surface area contributed by atoms with Crippen molar-refractivity contribution in [1.82, 2.24) is 4.90 Å². The van der Waals surface area contributed by atoms with E-state index < -0.39 is 6.09 Å². The second-order valence-corrected chi connectivity index (χ2v) is 5.88. The van der Waals surface area contributed by atoms with Crippen molar-refractivity contribution in [2.45, 2.75) is 24.4 Å². The van der Waals surface area contributed by atoms with Gasteiger partial charge < -0.3 is 9.84 Å². The van der Waals surface area contributed by atoms with Crippen LogP contribution in [-0.4, -0.2) is 34.9 Å². The van der Waals surface area contributed by atoms with Crippen LogP contribution >= 0.6 is 15.9 Å². The number of carbonyl (C=O) groups is 1. The Balaban J connectivity index is 1.93. The Morgan fingerprint density at radius 2 is 2.06 bits per heavy atom. The van der Waals surface area contributed by atoms with E-state index in [-0.39, 0.29) is 11.6 Å². The number of halogens is 1. The van der Waals surface area contributed by atoms with Gasteiger partial charge in [0.2, 0.25) is 0 Å². The molecule has 1 saturated carbocycles. The summed E-state index contributed by atoms with van der Waals surface area (Å²) in [6.07, 6.45) is 0.974. The van der Waals surface area contributed by atoms with Gasteiger partial charge in [-0.2, -0.15) is 0 Å². The van der Waals surface area contributed by atoms with E-state index in [1.165, 1.54) is 0 Å². The van der Waals surface area contributed by atoms with Crippen LogP contribution in [0.2, 0.25) is 0 Å². The largest absolute Gasteiger partial charge is 0.465 e. The van der Waals surface area contributed by atoms with Gasteiger partial charge in [-0.3, -0.25) is 4.90 Å². The van der Waals surface area contributed by atoms with Crippen molar-refractivity contribution in [2.24, 2.45) is 0 Å². The van der Waals surface area contributed by atoms with Crippen molar-refractivity contribution in [1.29, 1.82) is 0 Å². The molecule has 1 atom stereocenters. The molecule has 1 aromatic rings. The Labute approximate surface area is 114 Å². The average Bonchev–Trinajstić information content (AvgIpc) is 3.09. The van der Waals surface area contributed by atoms with Crippen LogP contribution < -0.4 is 0 Å². The van der Waals surface area contributed by atoms with Gasteiger partial charge in [0, 0.05) is 4.47 Å². The Bertz CT molecular complexity index is 470. The van der Waals surface area contributed by atoms with E-state index in [0.29, 0.717) is 13.2 Å². The summed E-state index contributed by atoms with van der Waals surface area (Å²) in [4.78, 5) is 13.1. The van der Waals surface area contributed by atoms with Gasteiger partial charge in [-0.15, -0.1) is 0 Å². The molecule has 2 aliphatic rings. The van der Waals surface area contributed by atoms with Crippen LogP contribution in [0, 0.1) is 0 Å². The minimum atomic E-state index is -0.844. The number of hydrogen-bond acceptors (Lipinski definition) is 2. The third-order valence-electron chi connectivity index (χ3n) is 3.76. The summed E-state index contributed by atoms with van der Waals surface area (Å²) in [5.74, 6) is 0. The first-order valence-electron chi connectivity index (χ1n) is 5.98. The van der Waals surface area contributed by atoms with Gasteiger partial charge in [0.15, 0.2) is 0 Å². The minimum absolute atomic E-state index is 0.188. The van der Waals surface area contributed by atoms with Crippen LogP contribution in [0.25, 0.3) is 0 Å². The summed E-state index contributed by atoms with van der Waals surface area (Å²) >= 11 is 3.39. The van der Waals surface area contributed by atoms with Crippen molar-refractivity contribution < 1.29 is 14.6 Å². The quantitative estimate of drug-likeness (QED) is 0.867. The molecule has 1 heterocycles. The molecule has 3 rings (SSSR count). The van der Waals surface area contributed by atoms with Crippen LogP contribution in [-0.2, 0) is 4.74 Å². The van der Waals surface area contributed by atoms with Gasteiger partial charge in [-0.1, -0.05) is 28.1 Å². The summed E-state index contributed by atoms with van der Waals surface area (Å²) in [7, 11) is 0. The topological polar surface area (TPSA) is 49.8 Å². The molecule has 1 saturated heterocycles. The first-order chi connectivity index (χ1) is 8.62. The predicted octanol–water partition coefficient (Wildman–Crippen LogP) is 3.03. The van der Waals surface area contributed by atoms with Crippen LogP contribution in [0.3, 0.4) is 0 Å². The van der Waals surface area contributed by atoms with Crippen LogP contribution in [0.4, 0.5) is 4.79 Å². The van der Waals surface area contributed by atoms with E-state index in [0.717, 1.165) is 22.9 Å². The highest BCUT2D eigenvalue weighted by molar-refractivity contribution is 9.10. The lowest BCUT2D eigenvalue weighted by Gasteiger charge is -2.41. The summed E-state index contributed by atoms with van der Waals surface area (Å²) in [6.45, 7) is 0.974. The van der Waals surface area contributed by atoms with Crippen molar-refractivity contribution in [3.05, 3.63) is 34.3 Å². The fraction of sp³-hybridized carbons (Fsp3) is 0.462. The molecule has 2 fully saturated rings. The number of hydrogen-bond donors (Lipinski definition) is 1. The number of amides is 1. The molecule has 1 N–H and O–H groups in total. The number of nitrogens with zero attached hydrogens (tertiary/aromatic N) is 1. The molecule has 0 aromatic heterocycles. The van der Waals surface area contributed by atoms with E-state index in [2.05, 4.69) is 15.9 Å². The van der Waals surface area contributed by atoms with E-state index in [1.54, 1.807) is 4.90 Å². The Morgan fingerprint density at radius 3 is 2.61 bits per heavy atom. The van der Waals surface area contributed by atoms with Crippen LogP contribution in [0.5, 0.6) is 0 Å². The number of morpholine rings is 1. The van der Waals surface area contributed by atoms with Gasteiger partial charge in [-0.25, -0.2) is 4.79 Å². The standard InChI is InChI=1S/C13H14BrNO3/c14-10-3-1-9(2-4-10)11-7-18-8-13(5-6-13)15(11)12(16)17/h1-4,11H,5-8H2,(H,16,17). The molecule has 1 amide bonds. The van der Waals surface area contributed by atoms with Gasteiger partial charge >= 0.3 is 6.09 Å². The maximum Gasteiger partial charge on any atom is 0.408 e. The zero-order valence-corrected chi connectivity index (χ0v) is 11.4. The third-order valence-corrected chi connectivity index (χ3v) is 4.29. The zero-order chi connectivity index (χ0) is 12.8. The summed E-state index contributed by atoms with van der Waals surface area (Å²) in [5, 5.41) is 9.46. The number of ether oxygens (including phenoxy) is 1. The molecular weight excluding hydrogens is 298 g/mol. The fourth-order valence-electron chi connectivity index (χ4n) is 2.63. The molecule has 1 unspecified atom stereocenters. The third kappa shape index (κ3) is 1.91. The Morgan fingerprint density at radius 1 is 1.39 bits per heavy atom. The van der Waals surface area contributed by atoms with Crippen LogP contribution in [0.1, 0.15) is 24.4 Å². The van der Waals surface area contributed by atoms with Crippen molar-refractivity contribution in [3.63, 3.8) is 0 Å². The Hall–Kier alpha value is -1.07. The van der Waals surface area contributed by atoms with Gasteiger partial charge in [-0.05, 0) is 30.5 Å². The van der Waals surface area contributed by atoms with Gasteiger partial charge in [0.1, 0.15) is 0 Å². The maximum absolute atomic E-state index is 11.5. The highest BCUT2D eigenvalue weighted by Crippen LogP contribution is 2.48. The molecule has 1 aliphatic carbocycles. The normalized spacial score (nSPS) is 25.2. The summed E-state index contributed by atoms with van der Waals surface area (Å²) < 4.78 is 6.60. The molecule has 0 bridgehead atoms. The van der Waals surface area contributed by atoms with Crippen molar-refractivity contribution >= 4 is 22.0 Å².